The van der Waals surface area contributed by atoms with E-state index in [1.165, 1.54) is 0 Å². The van der Waals surface area contributed by atoms with Gasteiger partial charge in [-0.05, 0) is 47.9 Å². The monoisotopic (exact) mass is 477 g/mol. The van der Waals surface area contributed by atoms with E-state index in [1.54, 1.807) is 4.90 Å². The molecule has 156 valence electrons. The van der Waals surface area contributed by atoms with E-state index in [2.05, 4.69) is 15.9 Å². The van der Waals surface area contributed by atoms with E-state index in [-0.39, 0.29) is 12.6 Å². The SMILES string of the molecule is Cc1ccc(C2=C(O)C(=O)N(Cc3ccc4c(c3)OCO4)C2c2cccc(Br)c2)cc1. The molecule has 0 spiro atoms. The van der Waals surface area contributed by atoms with Gasteiger partial charge < -0.3 is 19.5 Å². The largest absolute Gasteiger partial charge is 0.503 e. The molecule has 3 aromatic carbocycles. The van der Waals surface area contributed by atoms with Crippen LogP contribution in [-0.2, 0) is 11.3 Å². The molecular weight excluding hydrogens is 458 g/mol. The first-order valence-electron chi connectivity index (χ1n) is 9.96. The molecule has 31 heavy (non-hydrogen) atoms. The van der Waals surface area contributed by atoms with E-state index in [4.69, 9.17) is 9.47 Å². The van der Waals surface area contributed by atoms with Crippen LogP contribution in [0.25, 0.3) is 5.57 Å². The Labute approximate surface area is 188 Å². The lowest BCUT2D eigenvalue weighted by molar-refractivity contribution is -0.130. The van der Waals surface area contributed by atoms with Crippen LogP contribution in [0, 0.1) is 6.92 Å². The Hall–Kier alpha value is -3.25. The van der Waals surface area contributed by atoms with Gasteiger partial charge in [0, 0.05) is 16.6 Å². The molecule has 0 fully saturated rings. The number of hydrogen-bond acceptors (Lipinski definition) is 4. The van der Waals surface area contributed by atoms with Crippen LogP contribution in [-0.4, -0.2) is 22.7 Å². The van der Waals surface area contributed by atoms with Crippen molar-refractivity contribution in [3.8, 4) is 11.5 Å². The molecule has 1 N–H and O–H groups in total. The quantitative estimate of drug-likeness (QED) is 0.535. The molecule has 0 saturated carbocycles. The van der Waals surface area contributed by atoms with Crippen molar-refractivity contribution in [1.29, 1.82) is 0 Å². The lowest BCUT2D eigenvalue weighted by Crippen LogP contribution is -2.29. The summed E-state index contributed by atoms with van der Waals surface area (Å²) in [5, 5.41) is 10.9. The van der Waals surface area contributed by atoms with Crippen molar-refractivity contribution < 1.29 is 19.4 Å². The number of nitrogens with zero attached hydrogens (tertiary/aromatic N) is 1. The van der Waals surface area contributed by atoms with Crippen LogP contribution >= 0.6 is 15.9 Å². The van der Waals surface area contributed by atoms with E-state index in [1.807, 2.05) is 73.7 Å². The second-order valence-corrected chi connectivity index (χ2v) is 8.62. The zero-order valence-electron chi connectivity index (χ0n) is 16.8. The Morgan fingerprint density at radius 1 is 1.03 bits per heavy atom. The number of carbonyl (C=O) groups is 1. The van der Waals surface area contributed by atoms with Crippen LogP contribution in [0.1, 0.15) is 28.3 Å². The Balaban J connectivity index is 1.58. The van der Waals surface area contributed by atoms with Crippen molar-refractivity contribution >= 4 is 27.4 Å². The highest BCUT2D eigenvalue weighted by Crippen LogP contribution is 2.44. The van der Waals surface area contributed by atoms with Crippen molar-refractivity contribution in [3.63, 3.8) is 0 Å². The van der Waals surface area contributed by atoms with Crippen molar-refractivity contribution in [2.45, 2.75) is 19.5 Å². The fourth-order valence-electron chi connectivity index (χ4n) is 4.10. The average Bonchev–Trinajstić information content (AvgIpc) is 3.32. The third kappa shape index (κ3) is 3.57. The van der Waals surface area contributed by atoms with Crippen molar-refractivity contribution in [2.24, 2.45) is 0 Å². The maximum Gasteiger partial charge on any atom is 0.290 e. The molecule has 0 aliphatic carbocycles. The summed E-state index contributed by atoms with van der Waals surface area (Å²) in [5.41, 5.74) is 4.38. The van der Waals surface area contributed by atoms with E-state index in [9.17, 15) is 9.90 Å². The molecule has 0 bridgehead atoms. The third-order valence-electron chi connectivity index (χ3n) is 5.62. The molecule has 1 unspecified atom stereocenters. The predicted molar refractivity (Wildman–Crippen MR) is 121 cm³/mol. The number of fused-ring (bicyclic) bond motifs is 1. The smallest absolute Gasteiger partial charge is 0.290 e. The molecule has 2 aliphatic heterocycles. The molecule has 2 heterocycles. The number of aryl methyl sites for hydroxylation is 1. The van der Waals surface area contributed by atoms with Crippen molar-refractivity contribution in [3.05, 3.63) is 99.2 Å². The maximum absolute atomic E-state index is 13.2. The molecule has 0 aromatic heterocycles. The van der Waals surface area contributed by atoms with Crippen molar-refractivity contribution in [1.82, 2.24) is 4.90 Å². The van der Waals surface area contributed by atoms with E-state index < -0.39 is 11.9 Å². The molecule has 6 heteroatoms. The highest BCUT2D eigenvalue weighted by atomic mass is 79.9. The summed E-state index contributed by atoms with van der Waals surface area (Å²) in [5.74, 6) is 0.758. The van der Waals surface area contributed by atoms with Crippen molar-refractivity contribution in [2.75, 3.05) is 6.79 Å². The molecule has 3 aromatic rings. The first kappa shape index (κ1) is 19.7. The number of rotatable bonds is 4. The normalized spacial score (nSPS) is 17.5. The number of benzene rings is 3. The fourth-order valence-corrected chi connectivity index (χ4v) is 4.52. The van der Waals surface area contributed by atoms with Gasteiger partial charge in [-0.15, -0.1) is 0 Å². The molecule has 0 radical (unpaired) electrons. The van der Waals surface area contributed by atoms with Gasteiger partial charge in [-0.1, -0.05) is 64.0 Å². The van der Waals surface area contributed by atoms with E-state index in [0.29, 0.717) is 23.6 Å². The predicted octanol–water partition coefficient (Wildman–Crippen LogP) is 5.54. The van der Waals surface area contributed by atoms with Gasteiger partial charge in [0.1, 0.15) is 0 Å². The second kappa shape index (κ2) is 7.78. The number of carbonyl (C=O) groups excluding carboxylic acids is 1. The maximum atomic E-state index is 13.2. The molecule has 1 atom stereocenters. The second-order valence-electron chi connectivity index (χ2n) is 7.71. The fraction of sp³-hybridized carbons (Fsp3) is 0.160. The summed E-state index contributed by atoms with van der Waals surface area (Å²) in [6, 6.07) is 20.9. The molecule has 2 aliphatic rings. The van der Waals surface area contributed by atoms with Gasteiger partial charge in [-0.25, -0.2) is 0 Å². The topological polar surface area (TPSA) is 59.0 Å². The Morgan fingerprint density at radius 3 is 2.58 bits per heavy atom. The van der Waals surface area contributed by atoms with Gasteiger partial charge in [-0.3, -0.25) is 4.79 Å². The highest BCUT2D eigenvalue weighted by molar-refractivity contribution is 9.10. The minimum absolute atomic E-state index is 0.196. The lowest BCUT2D eigenvalue weighted by atomic mass is 9.93. The number of ether oxygens (including phenoxy) is 2. The summed E-state index contributed by atoms with van der Waals surface area (Å²) in [6.45, 7) is 2.53. The first-order valence-corrected chi connectivity index (χ1v) is 10.8. The molecule has 5 nitrogen and oxygen atoms in total. The van der Waals surface area contributed by atoms with Gasteiger partial charge in [0.2, 0.25) is 6.79 Å². The van der Waals surface area contributed by atoms with Crippen LogP contribution in [0.15, 0.2) is 77.0 Å². The zero-order chi connectivity index (χ0) is 21.5. The summed E-state index contributed by atoms with van der Waals surface area (Å²) < 4.78 is 11.8. The minimum atomic E-state index is -0.418. The van der Waals surface area contributed by atoms with Gasteiger partial charge >= 0.3 is 0 Å². The number of halogens is 1. The summed E-state index contributed by atoms with van der Waals surface area (Å²) in [6.07, 6.45) is 0. The van der Waals surface area contributed by atoms with E-state index in [0.717, 1.165) is 26.7 Å². The summed E-state index contributed by atoms with van der Waals surface area (Å²) in [7, 11) is 0. The van der Waals surface area contributed by atoms with Crippen LogP contribution in [0.5, 0.6) is 11.5 Å². The minimum Gasteiger partial charge on any atom is -0.503 e. The summed E-state index contributed by atoms with van der Waals surface area (Å²) >= 11 is 3.53. The molecular formula is C25H20BrNO4. The average molecular weight is 478 g/mol. The zero-order valence-corrected chi connectivity index (χ0v) is 18.4. The lowest BCUT2D eigenvalue weighted by Gasteiger charge is -2.28. The summed E-state index contributed by atoms with van der Waals surface area (Å²) in [4.78, 5) is 14.9. The molecule has 5 rings (SSSR count). The Bertz CT molecular complexity index is 1200. The number of amides is 1. The molecule has 0 saturated heterocycles. The first-order chi connectivity index (χ1) is 15.0. The van der Waals surface area contributed by atoms with Crippen LogP contribution in [0.3, 0.4) is 0 Å². The van der Waals surface area contributed by atoms with Gasteiger partial charge in [0.15, 0.2) is 17.3 Å². The van der Waals surface area contributed by atoms with Crippen LogP contribution in [0.4, 0.5) is 0 Å². The number of aliphatic hydroxyl groups is 1. The van der Waals surface area contributed by atoms with Crippen LogP contribution in [0.2, 0.25) is 0 Å². The van der Waals surface area contributed by atoms with E-state index >= 15 is 0 Å². The highest BCUT2D eigenvalue weighted by Gasteiger charge is 2.41. The third-order valence-corrected chi connectivity index (χ3v) is 6.11. The van der Waals surface area contributed by atoms with Crippen LogP contribution < -0.4 is 9.47 Å². The number of hydrogen-bond donors (Lipinski definition) is 1. The van der Waals surface area contributed by atoms with Gasteiger partial charge in [0.25, 0.3) is 5.91 Å². The van der Waals surface area contributed by atoms with Gasteiger partial charge in [0.05, 0.1) is 6.04 Å². The number of aliphatic hydroxyl groups excluding tert-OH is 1. The molecule has 1 amide bonds. The van der Waals surface area contributed by atoms with Gasteiger partial charge in [-0.2, -0.15) is 0 Å². The Kier molecular flexibility index (Phi) is 4.94. The standard InChI is InChI=1S/C25H20BrNO4/c1-15-5-8-17(9-6-15)22-23(18-3-2-4-19(26)12-18)27(25(29)24(22)28)13-16-7-10-20-21(11-16)31-14-30-20/h2-12,23,28H,13-14H2,1H3. The Morgan fingerprint density at radius 2 is 1.81 bits per heavy atom.